The van der Waals surface area contributed by atoms with Crippen LogP contribution in [0.3, 0.4) is 0 Å². The summed E-state index contributed by atoms with van der Waals surface area (Å²) in [6.07, 6.45) is 2.87. The van der Waals surface area contributed by atoms with Gasteiger partial charge in [0.2, 0.25) is 0 Å². The number of aliphatic hydroxyl groups excluding tert-OH is 1. The molecule has 2 aliphatic heterocycles. The molecule has 28 heavy (non-hydrogen) atoms. The van der Waals surface area contributed by atoms with Crippen LogP contribution < -0.4 is 5.32 Å². The van der Waals surface area contributed by atoms with Gasteiger partial charge in [-0.15, -0.1) is 0 Å². The minimum atomic E-state index is -0.555. The third-order valence-electron chi connectivity index (χ3n) is 6.53. The molecule has 0 aromatic heterocycles. The van der Waals surface area contributed by atoms with Gasteiger partial charge in [-0.05, 0) is 81.1 Å². The van der Waals surface area contributed by atoms with Gasteiger partial charge in [-0.1, -0.05) is 10.1 Å². The Morgan fingerprint density at radius 3 is 1.68 bits per heavy atom. The third kappa shape index (κ3) is 5.45. The second-order valence-corrected chi connectivity index (χ2v) is 11.5. The van der Waals surface area contributed by atoms with Crippen molar-refractivity contribution in [3.05, 3.63) is 0 Å². The Hall–Kier alpha value is -0.280. The molecule has 2 saturated heterocycles. The summed E-state index contributed by atoms with van der Waals surface area (Å²) in [6.45, 7) is 17.6. The number of hydrogen-bond acceptors (Lipinski definition) is 5. The molecule has 2 rings (SSSR count). The lowest BCUT2D eigenvalue weighted by Crippen LogP contribution is -2.63. The van der Waals surface area contributed by atoms with Crippen LogP contribution in [0.4, 0.5) is 0 Å². The number of nitrogens with zero attached hydrogens (tertiary/aromatic N) is 2. The van der Waals surface area contributed by atoms with Crippen molar-refractivity contribution in [2.24, 2.45) is 0 Å². The van der Waals surface area contributed by atoms with E-state index >= 15 is 0 Å². The van der Waals surface area contributed by atoms with Crippen molar-refractivity contribution in [3.63, 3.8) is 0 Å². The number of hydrogen-bond donors (Lipinski definition) is 2. The zero-order chi connectivity index (χ0) is 21.5. The molecule has 0 amide bonds. The van der Waals surface area contributed by atoms with Crippen molar-refractivity contribution in [1.82, 2.24) is 15.4 Å². The van der Waals surface area contributed by atoms with E-state index in [9.17, 15) is 5.11 Å². The van der Waals surface area contributed by atoms with Crippen LogP contribution in [0, 0.1) is 0 Å². The number of ether oxygens (including phenoxy) is 1. The van der Waals surface area contributed by atoms with Gasteiger partial charge in [0.25, 0.3) is 0 Å². The molecule has 166 valence electrons. The monoisotopic (exact) mass is 403 g/mol. The SMILES string of the molecule is CC1(C)CC(NCC(O)COC2CC(C)(C)N([OH2+])C(C)(C)C2)CC(C)(C)N1[OH2+]. The highest BCUT2D eigenvalue weighted by molar-refractivity contribution is 4.99. The predicted molar refractivity (Wildman–Crippen MR) is 113 cm³/mol. The molecule has 0 aromatic carbocycles. The van der Waals surface area contributed by atoms with E-state index in [1.54, 1.807) is 10.1 Å². The summed E-state index contributed by atoms with van der Waals surface area (Å²) in [5.41, 5.74) is -0.863. The van der Waals surface area contributed by atoms with E-state index in [1.165, 1.54) is 0 Å². The van der Waals surface area contributed by atoms with Crippen LogP contribution in [0.25, 0.3) is 0 Å². The van der Waals surface area contributed by atoms with E-state index in [0.29, 0.717) is 13.2 Å². The molecule has 1 atom stereocenters. The highest BCUT2D eigenvalue weighted by atomic mass is 16.5. The summed E-state index contributed by atoms with van der Waals surface area (Å²) in [6, 6.07) is 0.283. The number of nitrogens with one attached hydrogen (secondary N) is 1. The average molecular weight is 404 g/mol. The number of rotatable bonds is 6. The van der Waals surface area contributed by atoms with Crippen LogP contribution in [0.5, 0.6) is 0 Å². The molecule has 2 heterocycles. The first-order valence-electron chi connectivity index (χ1n) is 10.6. The summed E-state index contributed by atoms with van der Waals surface area (Å²) >= 11 is 0. The van der Waals surface area contributed by atoms with Crippen molar-refractivity contribution in [3.8, 4) is 0 Å². The molecule has 6 N–H and O–H groups in total. The fourth-order valence-corrected chi connectivity index (χ4v) is 5.34. The van der Waals surface area contributed by atoms with Gasteiger partial charge in [0.15, 0.2) is 0 Å². The molecule has 0 bridgehead atoms. The lowest BCUT2D eigenvalue weighted by atomic mass is 9.79. The maximum atomic E-state index is 10.5. The maximum absolute atomic E-state index is 10.5. The molecule has 0 saturated carbocycles. The van der Waals surface area contributed by atoms with Gasteiger partial charge in [-0.2, -0.15) is 0 Å². The molecule has 0 radical (unpaired) electrons. The third-order valence-corrected chi connectivity index (χ3v) is 6.53. The van der Waals surface area contributed by atoms with Crippen molar-refractivity contribution in [2.75, 3.05) is 13.2 Å². The second-order valence-electron chi connectivity index (χ2n) is 11.5. The topological polar surface area (TPSA) is 93.8 Å². The zero-order valence-electron chi connectivity index (χ0n) is 19.2. The molecule has 7 nitrogen and oxygen atoms in total. The van der Waals surface area contributed by atoms with E-state index < -0.39 is 6.10 Å². The van der Waals surface area contributed by atoms with Crippen LogP contribution in [0.1, 0.15) is 81.1 Å². The average Bonchev–Trinajstić information content (AvgIpc) is 2.52. The van der Waals surface area contributed by atoms with Gasteiger partial charge in [0.05, 0.1) is 41.0 Å². The largest absolute Gasteiger partial charge is 0.389 e. The molecular weight excluding hydrogens is 358 g/mol. The Balaban J connectivity index is 1.81. The standard InChI is InChI=1S/C21H43N3O4/c1-18(2)9-15(10-19(3,4)23(18)26)22-13-16(25)14-28-17-11-20(5,6)24(27)21(7,8)12-17/h15-17,22,25-27H,9-14H2,1-8H3/p+2. The minimum absolute atomic E-state index is 0.0608. The summed E-state index contributed by atoms with van der Waals surface area (Å²) in [7, 11) is 0. The van der Waals surface area contributed by atoms with E-state index in [4.69, 9.17) is 15.2 Å². The smallest absolute Gasteiger partial charge is 0.0897 e. The van der Waals surface area contributed by atoms with E-state index in [-0.39, 0.29) is 34.3 Å². The Bertz CT molecular complexity index is 454. The zero-order valence-corrected chi connectivity index (χ0v) is 19.2. The van der Waals surface area contributed by atoms with Gasteiger partial charge in [-0.25, -0.2) is 0 Å². The second kappa shape index (κ2) is 8.10. The highest BCUT2D eigenvalue weighted by Crippen LogP contribution is 2.38. The summed E-state index contributed by atoms with van der Waals surface area (Å²) < 4.78 is 6.06. The van der Waals surface area contributed by atoms with Crippen molar-refractivity contribution in [2.45, 2.75) is 121 Å². The molecule has 0 spiro atoms. The Kier molecular flexibility index (Phi) is 6.94. The van der Waals surface area contributed by atoms with Crippen LogP contribution in [-0.4, -0.2) is 79.2 Å². The highest BCUT2D eigenvalue weighted by Gasteiger charge is 2.50. The molecule has 0 aromatic rings. The van der Waals surface area contributed by atoms with Crippen molar-refractivity contribution < 1.29 is 20.3 Å². The predicted octanol–water partition coefficient (Wildman–Crippen LogP) is 1.28. The van der Waals surface area contributed by atoms with Crippen LogP contribution in [0.15, 0.2) is 0 Å². The molecular formula is C21H45N3O4+2. The van der Waals surface area contributed by atoms with Gasteiger partial charge >= 0.3 is 0 Å². The van der Waals surface area contributed by atoms with Crippen molar-refractivity contribution in [1.29, 1.82) is 0 Å². The number of piperidine rings is 2. The van der Waals surface area contributed by atoms with Gasteiger partial charge < -0.3 is 25.6 Å². The Labute approximate surface area is 171 Å². The first kappa shape index (κ1) is 24.0. The fourth-order valence-electron chi connectivity index (χ4n) is 5.34. The van der Waals surface area contributed by atoms with Crippen LogP contribution in [-0.2, 0) is 4.74 Å². The molecule has 2 aliphatic rings. The van der Waals surface area contributed by atoms with Crippen LogP contribution >= 0.6 is 0 Å². The first-order valence-corrected chi connectivity index (χ1v) is 10.6. The molecule has 2 fully saturated rings. The van der Waals surface area contributed by atoms with Gasteiger partial charge in [-0.3, -0.25) is 0 Å². The maximum Gasteiger partial charge on any atom is 0.0897 e. The normalized spacial score (nSPS) is 29.7. The number of hydroxylamine groups is 4. The molecule has 0 aliphatic carbocycles. The van der Waals surface area contributed by atoms with Crippen LogP contribution in [0.2, 0.25) is 0 Å². The summed E-state index contributed by atoms with van der Waals surface area (Å²) in [4.78, 5) is 0. The van der Waals surface area contributed by atoms with E-state index in [1.807, 2.05) is 0 Å². The fraction of sp³-hybridized carbons (Fsp3) is 1.00. The minimum Gasteiger partial charge on any atom is -0.389 e. The summed E-state index contributed by atoms with van der Waals surface area (Å²) in [5.74, 6) is 0. The molecule has 1 unspecified atom stereocenters. The molecule has 7 heteroatoms. The van der Waals surface area contributed by atoms with E-state index in [0.717, 1.165) is 25.7 Å². The van der Waals surface area contributed by atoms with Gasteiger partial charge in [0, 0.05) is 12.6 Å². The quantitative estimate of drug-likeness (QED) is 0.652. The van der Waals surface area contributed by atoms with Crippen molar-refractivity contribution >= 4 is 0 Å². The lowest BCUT2D eigenvalue weighted by molar-refractivity contribution is -0.262. The Morgan fingerprint density at radius 1 is 0.857 bits per heavy atom. The van der Waals surface area contributed by atoms with E-state index in [2.05, 4.69) is 60.7 Å². The number of aliphatic hydroxyl groups is 1. The lowest BCUT2D eigenvalue weighted by Gasteiger charge is -2.48. The summed E-state index contributed by atoms with van der Waals surface area (Å²) in [5, 5.41) is 34.1. The first-order chi connectivity index (χ1) is 12.6. The Morgan fingerprint density at radius 2 is 1.25 bits per heavy atom. The van der Waals surface area contributed by atoms with Gasteiger partial charge in [0.1, 0.15) is 0 Å².